The van der Waals surface area contributed by atoms with E-state index in [1.54, 1.807) is 0 Å². The van der Waals surface area contributed by atoms with Crippen LogP contribution in [0.3, 0.4) is 0 Å². The molecule has 122 valence electrons. The van der Waals surface area contributed by atoms with Crippen LogP contribution in [0.4, 0.5) is 5.82 Å². The molecule has 2 aromatic carbocycles. The monoisotopic (exact) mass is 318 g/mol. The number of benzene rings is 2. The standard InChI is InChI=1S/C21H22N2O/c1-16-19(21(24)18-11-7-4-8-12-18)13-14-20(22-16)23(2)15-17-9-5-3-6-10-17/h3-14,21,24H,15H2,1-2H3. The quantitative estimate of drug-likeness (QED) is 0.769. The summed E-state index contributed by atoms with van der Waals surface area (Å²) in [6.07, 6.45) is -0.646. The summed E-state index contributed by atoms with van der Waals surface area (Å²) in [5.74, 6) is 0.903. The van der Waals surface area contributed by atoms with Crippen molar-refractivity contribution in [2.45, 2.75) is 19.6 Å². The summed E-state index contributed by atoms with van der Waals surface area (Å²) < 4.78 is 0. The van der Waals surface area contributed by atoms with Crippen molar-refractivity contribution >= 4 is 5.82 Å². The number of hydrogen-bond donors (Lipinski definition) is 1. The van der Waals surface area contributed by atoms with Gasteiger partial charge in [0.05, 0.1) is 0 Å². The minimum absolute atomic E-state index is 0.646. The maximum Gasteiger partial charge on any atom is 0.128 e. The van der Waals surface area contributed by atoms with Crippen LogP contribution in [0.1, 0.15) is 28.5 Å². The average Bonchev–Trinajstić information content (AvgIpc) is 2.62. The first-order valence-corrected chi connectivity index (χ1v) is 8.11. The van der Waals surface area contributed by atoms with Crippen LogP contribution in [0.15, 0.2) is 72.8 Å². The van der Waals surface area contributed by atoms with Gasteiger partial charge in [0.1, 0.15) is 11.9 Å². The van der Waals surface area contributed by atoms with Gasteiger partial charge < -0.3 is 10.0 Å². The summed E-state index contributed by atoms with van der Waals surface area (Å²) in [6, 6.07) is 23.9. The molecule has 1 unspecified atom stereocenters. The van der Waals surface area contributed by atoms with Crippen molar-refractivity contribution in [2.75, 3.05) is 11.9 Å². The van der Waals surface area contributed by atoms with Gasteiger partial charge in [0.2, 0.25) is 0 Å². The Hall–Kier alpha value is -2.65. The number of aryl methyl sites for hydroxylation is 1. The molecule has 0 aliphatic rings. The largest absolute Gasteiger partial charge is 0.384 e. The molecule has 1 atom stereocenters. The lowest BCUT2D eigenvalue weighted by atomic mass is 10.0. The molecular weight excluding hydrogens is 296 g/mol. The van der Waals surface area contributed by atoms with Crippen molar-refractivity contribution in [3.05, 3.63) is 95.2 Å². The van der Waals surface area contributed by atoms with E-state index in [4.69, 9.17) is 0 Å². The fraction of sp³-hybridized carbons (Fsp3) is 0.190. The minimum atomic E-state index is -0.646. The molecule has 3 nitrogen and oxygen atoms in total. The molecule has 1 heterocycles. The highest BCUT2D eigenvalue weighted by molar-refractivity contribution is 5.44. The van der Waals surface area contributed by atoms with Gasteiger partial charge in [-0.1, -0.05) is 66.7 Å². The zero-order chi connectivity index (χ0) is 16.9. The highest BCUT2D eigenvalue weighted by Crippen LogP contribution is 2.25. The summed E-state index contributed by atoms with van der Waals surface area (Å²) in [5.41, 5.74) is 3.82. The number of nitrogens with zero attached hydrogens (tertiary/aromatic N) is 2. The predicted molar refractivity (Wildman–Crippen MR) is 98.0 cm³/mol. The van der Waals surface area contributed by atoms with Gasteiger partial charge in [-0.05, 0) is 24.1 Å². The summed E-state index contributed by atoms with van der Waals surface area (Å²) >= 11 is 0. The number of aliphatic hydroxyl groups is 1. The van der Waals surface area contributed by atoms with Gasteiger partial charge >= 0.3 is 0 Å². The summed E-state index contributed by atoms with van der Waals surface area (Å²) in [7, 11) is 2.03. The number of anilines is 1. The smallest absolute Gasteiger partial charge is 0.128 e. The van der Waals surface area contributed by atoms with Crippen LogP contribution in [0.2, 0.25) is 0 Å². The number of pyridine rings is 1. The van der Waals surface area contributed by atoms with E-state index < -0.39 is 6.10 Å². The third-order valence-corrected chi connectivity index (χ3v) is 4.18. The fourth-order valence-corrected chi connectivity index (χ4v) is 2.81. The molecule has 0 bridgehead atoms. The summed E-state index contributed by atoms with van der Waals surface area (Å²) in [6.45, 7) is 2.75. The highest BCUT2D eigenvalue weighted by Gasteiger charge is 2.15. The molecular formula is C21H22N2O. The normalized spacial score (nSPS) is 12.0. The Morgan fingerprint density at radius 3 is 2.17 bits per heavy atom. The number of rotatable bonds is 5. The van der Waals surface area contributed by atoms with E-state index in [2.05, 4.69) is 22.0 Å². The molecule has 3 aromatic rings. The third kappa shape index (κ3) is 3.63. The summed E-state index contributed by atoms with van der Waals surface area (Å²) in [4.78, 5) is 6.79. The Bertz CT molecular complexity index is 787. The van der Waals surface area contributed by atoms with E-state index in [9.17, 15) is 5.11 Å². The molecule has 0 spiro atoms. The van der Waals surface area contributed by atoms with Crippen molar-refractivity contribution < 1.29 is 5.11 Å². The molecule has 0 saturated carbocycles. The van der Waals surface area contributed by atoms with E-state index in [-0.39, 0.29) is 0 Å². The van der Waals surface area contributed by atoms with E-state index >= 15 is 0 Å². The first-order valence-electron chi connectivity index (χ1n) is 8.11. The average molecular weight is 318 g/mol. The van der Waals surface area contributed by atoms with Crippen molar-refractivity contribution in [3.8, 4) is 0 Å². The van der Waals surface area contributed by atoms with E-state index in [1.807, 2.05) is 74.6 Å². The van der Waals surface area contributed by atoms with Crippen LogP contribution in [-0.2, 0) is 6.54 Å². The molecule has 0 radical (unpaired) electrons. The van der Waals surface area contributed by atoms with Gasteiger partial charge in [-0.25, -0.2) is 4.98 Å². The van der Waals surface area contributed by atoms with Gasteiger partial charge in [-0.2, -0.15) is 0 Å². The summed E-state index contributed by atoms with van der Waals surface area (Å²) in [5, 5.41) is 10.6. The van der Waals surface area contributed by atoms with Crippen LogP contribution in [0.25, 0.3) is 0 Å². The van der Waals surface area contributed by atoms with Gasteiger partial charge in [-0.3, -0.25) is 0 Å². The Balaban J connectivity index is 1.79. The maximum atomic E-state index is 10.6. The molecule has 0 aliphatic heterocycles. The van der Waals surface area contributed by atoms with Crippen LogP contribution < -0.4 is 4.90 Å². The molecule has 0 saturated heterocycles. The molecule has 1 aromatic heterocycles. The maximum absolute atomic E-state index is 10.6. The molecule has 0 fully saturated rings. The van der Waals surface area contributed by atoms with Crippen LogP contribution in [0, 0.1) is 6.92 Å². The Kier molecular flexibility index (Phi) is 4.92. The lowest BCUT2D eigenvalue weighted by molar-refractivity contribution is 0.219. The SMILES string of the molecule is Cc1nc(N(C)Cc2ccccc2)ccc1C(O)c1ccccc1. The van der Waals surface area contributed by atoms with Crippen LogP contribution in [-0.4, -0.2) is 17.1 Å². The van der Waals surface area contributed by atoms with Gasteiger partial charge in [0, 0.05) is 24.8 Å². The molecule has 3 heteroatoms. The third-order valence-electron chi connectivity index (χ3n) is 4.18. The van der Waals surface area contributed by atoms with E-state index in [0.29, 0.717) is 0 Å². The second kappa shape index (κ2) is 7.28. The topological polar surface area (TPSA) is 36.4 Å². The first kappa shape index (κ1) is 16.2. The zero-order valence-electron chi connectivity index (χ0n) is 14.1. The van der Waals surface area contributed by atoms with Gasteiger partial charge in [0.25, 0.3) is 0 Å². The first-order chi connectivity index (χ1) is 11.6. The molecule has 3 rings (SSSR count). The second-order valence-electron chi connectivity index (χ2n) is 6.00. The Labute approximate surface area is 143 Å². The molecule has 1 N–H and O–H groups in total. The minimum Gasteiger partial charge on any atom is -0.384 e. The van der Waals surface area contributed by atoms with Gasteiger partial charge in [-0.15, -0.1) is 0 Å². The molecule has 24 heavy (non-hydrogen) atoms. The Morgan fingerprint density at radius 1 is 0.917 bits per heavy atom. The van der Waals surface area contributed by atoms with Crippen LogP contribution in [0.5, 0.6) is 0 Å². The predicted octanol–water partition coefficient (Wildman–Crippen LogP) is 4.11. The van der Waals surface area contributed by atoms with Crippen molar-refractivity contribution in [2.24, 2.45) is 0 Å². The Morgan fingerprint density at radius 2 is 1.54 bits per heavy atom. The van der Waals surface area contributed by atoms with Crippen LogP contribution >= 0.6 is 0 Å². The number of hydrogen-bond acceptors (Lipinski definition) is 3. The molecule has 0 amide bonds. The van der Waals surface area contributed by atoms with Crippen molar-refractivity contribution in [3.63, 3.8) is 0 Å². The van der Waals surface area contributed by atoms with E-state index in [0.717, 1.165) is 29.2 Å². The lowest BCUT2D eigenvalue weighted by Crippen LogP contribution is -2.18. The number of aliphatic hydroxyl groups excluding tert-OH is 1. The highest BCUT2D eigenvalue weighted by atomic mass is 16.3. The van der Waals surface area contributed by atoms with Crippen molar-refractivity contribution in [1.29, 1.82) is 0 Å². The van der Waals surface area contributed by atoms with Crippen molar-refractivity contribution in [1.82, 2.24) is 4.98 Å². The lowest BCUT2D eigenvalue weighted by Gasteiger charge is -2.21. The van der Waals surface area contributed by atoms with E-state index in [1.165, 1.54) is 5.56 Å². The molecule has 0 aliphatic carbocycles. The van der Waals surface area contributed by atoms with Gasteiger partial charge in [0.15, 0.2) is 0 Å². The zero-order valence-corrected chi connectivity index (χ0v) is 14.1. The second-order valence-corrected chi connectivity index (χ2v) is 6.00. The number of aromatic nitrogens is 1. The fourth-order valence-electron chi connectivity index (χ4n) is 2.81.